The maximum absolute atomic E-state index is 12.1. The molecule has 5 nitrogen and oxygen atoms in total. The van der Waals surface area contributed by atoms with Gasteiger partial charge in [0.15, 0.2) is 0 Å². The van der Waals surface area contributed by atoms with Crippen molar-refractivity contribution in [3.8, 4) is 0 Å². The molecule has 1 heterocycles. The Morgan fingerprint density at radius 1 is 1.40 bits per heavy atom. The van der Waals surface area contributed by atoms with Crippen LogP contribution >= 0.6 is 12.2 Å². The number of aryl methyl sites for hydroxylation is 1. The van der Waals surface area contributed by atoms with Gasteiger partial charge in [0.25, 0.3) is 0 Å². The molecular formula is C13H14N2O3S2. The van der Waals surface area contributed by atoms with Crippen LogP contribution in [0.3, 0.4) is 0 Å². The molecule has 7 heteroatoms. The Balaban J connectivity index is 2.21. The molecule has 0 bridgehead atoms. The van der Waals surface area contributed by atoms with Crippen molar-refractivity contribution in [2.75, 3.05) is 0 Å². The SMILES string of the molecule is Cc1cc(S(=O)(=O)NCc2ccco2)ccc1C(N)=S. The first kappa shape index (κ1) is 14.7. The van der Waals surface area contributed by atoms with Crippen molar-refractivity contribution >= 4 is 27.2 Å². The zero-order chi connectivity index (χ0) is 14.8. The Kier molecular flexibility index (Phi) is 4.22. The van der Waals surface area contributed by atoms with E-state index in [2.05, 4.69) is 4.72 Å². The van der Waals surface area contributed by atoms with Crippen LogP contribution in [-0.4, -0.2) is 13.4 Å². The smallest absolute Gasteiger partial charge is 0.240 e. The summed E-state index contributed by atoms with van der Waals surface area (Å²) in [5.41, 5.74) is 6.94. The fourth-order valence-electron chi connectivity index (χ4n) is 1.74. The molecule has 0 aliphatic heterocycles. The van der Waals surface area contributed by atoms with E-state index in [1.165, 1.54) is 12.3 Å². The molecule has 1 aromatic carbocycles. The molecule has 0 radical (unpaired) electrons. The van der Waals surface area contributed by atoms with E-state index in [-0.39, 0.29) is 16.4 Å². The average molecular weight is 310 g/mol. The van der Waals surface area contributed by atoms with Gasteiger partial charge in [0.2, 0.25) is 10.0 Å². The molecule has 0 spiro atoms. The Bertz CT molecular complexity index is 722. The lowest BCUT2D eigenvalue weighted by Gasteiger charge is -2.09. The fourth-order valence-corrected chi connectivity index (χ4v) is 3.05. The minimum absolute atomic E-state index is 0.103. The zero-order valence-corrected chi connectivity index (χ0v) is 12.4. The number of sulfonamides is 1. The normalized spacial score (nSPS) is 11.4. The van der Waals surface area contributed by atoms with Crippen LogP contribution in [0.2, 0.25) is 0 Å². The van der Waals surface area contributed by atoms with Crippen molar-refractivity contribution in [1.29, 1.82) is 0 Å². The Labute approximate surface area is 122 Å². The quantitative estimate of drug-likeness (QED) is 0.821. The minimum atomic E-state index is -3.60. The number of rotatable bonds is 5. The van der Waals surface area contributed by atoms with Crippen LogP contribution in [0.5, 0.6) is 0 Å². The summed E-state index contributed by atoms with van der Waals surface area (Å²) >= 11 is 4.89. The van der Waals surface area contributed by atoms with E-state index in [0.29, 0.717) is 11.3 Å². The van der Waals surface area contributed by atoms with Gasteiger partial charge in [-0.3, -0.25) is 0 Å². The molecule has 3 N–H and O–H groups in total. The number of benzene rings is 1. The standard InChI is InChI=1S/C13H14N2O3S2/c1-9-7-11(4-5-12(9)13(14)19)20(16,17)15-8-10-3-2-6-18-10/h2-7,15H,8H2,1H3,(H2,14,19). The third-order valence-corrected chi connectivity index (χ3v) is 4.41. The molecule has 0 fully saturated rings. The minimum Gasteiger partial charge on any atom is -0.468 e. The average Bonchev–Trinajstić information content (AvgIpc) is 2.89. The predicted octanol–water partition coefficient (Wildman–Crippen LogP) is 1.70. The highest BCUT2D eigenvalue weighted by Gasteiger charge is 2.15. The van der Waals surface area contributed by atoms with Gasteiger partial charge >= 0.3 is 0 Å². The molecule has 0 unspecified atom stereocenters. The van der Waals surface area contributed by atoms with Crippen LogP contribution in [-0.2, 0) is 16.6 Å². The molecular weight excluding hydrogens is 296 g/mol. The van der Waals surface area contributed by atoms with Crippen molar-refractivity contribution in [3.05, 3.63) is 53.5 Å². The van der Waals surface area contributed by atoms with E-state index in [0.717, 1.165) is 5.56 Å². The lowest BCUT2D eigenvalue weighted by molar-refractivity contribution is 0.498. The summed E-state index contributed by atoms with van der Waals surface area (Å²) in [6.45, 7) is 1.87. The molecule has 0 aliphatic rings. The molecule has 0 saturated heterocycles. The maximum Gasteiger partial charge on any atom is 0.240 e. The van der Waals surface area contributed by atoms with E-state index < -0.39 is 10.0 Å². The summed E-state index contributed by atoms with van der Waals surface area (Å²) in [5, 5.41) is 0. The second-order valence-corrected chi connectivity index (χ2v) is 6.45. The number of hydrogen-bond acceptors (Lipinski definition) is 4. The van der Waals surface area contributed by atoms with Crippen molar-refractivity contribution in [3.63, 3.8) is 0 Å². The molecule has 20 heavy (non-hydrogen) atoms. The monoisotopic (exact) mass is 310 g/mol. The van der Waals surface area contributed by atoms with Crippen LogP contribution in [0.25, 0.3) is 0 Å². The summed E-state index contributed by atoms with van der Waals surface area (Å²) in [7, 11) is -3.60. The van der Waals surface area contributed by atoms with E-state index in [1.807, 2.05) is 0 Å². The van der Waals surface area contributed by atoms with E-state index in [1.54, 1.807) is 31.2 Å². The van der Waals surface area contributed by atoms with Gasteiger partial charge in [0.05, 0.1) is 17.7 Å². The lowest BCUT2D eigenvalue weighted by Crippen LogP contribution is -2.23. The first-order chi connectivity index (χ1) is 9.40. The summed E-state index contributed by atoms with van der Waals surface area (Å²) in [6, 6.07) is 8.03. The topological polar surface area (TPSA) is 85.3 Å². The van der Waals surface area contributed by atoms with Crippen LogP contribution in [0.4, 0.5) is 0 Å². The Hall–Kier alpha value is -1.70. The van der Waals surface area contributed by atoms with Gasteiger partial charge in [-0.25, -0.2) is 13.1 Å². The molecule has 1 aromatic heterocycles. The maximum atomic E-state index is 12.1. The molecule has 2 aromatic rings. The van der Waals surface area contributed by atoms with Gasteiger partial charge in [-0.1, -0.05) is 18.3 Å². The Morgan fingerprint density at radius 2 is 2.15 bits per heavy atom. The van der Waals surface area contributed by atoms with Crippen LogP contribution in [0, 0.1) is 6.92 Å². The fraction of sp³-hybridized carbons (Fsp3) is 0.154. The van der Waals surface area contributed by atoms with Crippen molar-refractivity contribution in [1.82, 2.24) is 4.72 Å². The van der Waals surface area contributed by atoms with Crippen molar-refractivity contribution < 1.29 is 12.8 Å². The summed E-state index contributed by atoms with van der Waals surface area (Å²) in [6.07, 6.45) is 1.49. The number of thiocarbonyl (C=S) groups is 1. The zero-order valence-electron chi connectivity index (χ0n) is 10.8. The molecule has 0 saturated carbocycles. The molecule has 2 rings (SSSR count). The highest BCUT2D eigenvalue weighted by molar-refractivity contribution is 7.89. The van der Waals surface area contributed by atoms with Crippen LogP contribution in [0.1, 0.15) is 16.9 Å². The molecule has 0 atom stereocenters. The summed E-state index contributed by atoms with van der Waals surface area (Å²) in [5.74, 6) is 0.546. The van der Waals surface area contributed by atoms with E-state index in [9.17, 15) is 8.42 Å². The van der Waals surface area contributed by atoms with Crippen LogP contribution in [0.15, 0.2) is 45.9 Å². The molecule has 106 valence electrons. The number of hydrogen-bond donors (Lipinski definition) is 2. The summed E-state index contributed by atoms with van der Waals surface area (Å²) < 4.78 is 31.8. The molecule has 0 amide bonds. The van der Waals surface area contributed by atoms with Gasteiger partial charge in [-0.2, -0.15) is 0 Å². The van der Waals surface area contributed by atoms with Crippen molar-refractivity contribution in [2.24, 2.45) is 5.73 Å². The highest BCUT2D eigenvalue weighted by Crippen LogP contribution is 2.16. The highest BCUT2D eigenvalue weighted by atomic mass is 32.2. The third-order valence-electron chi connectivity index (χ3n) is 2.79. The lowest BCUT2D eigenvalue weighted by atomic mass is 10.1. The second kappa shape index (κ2) is 5.74. The van der Waals surface area contributed by atoms with Gasteiger partial charge < -0.3 is 10.2 Å². The second-order valence-electron chi connectivity index (χ2n) is 4.24. The van der Waals surface area contributed by atoms with Gasteiger partial charge in [-0.15, -0.1) is 0 Å². The van der Waals surface area contributed by atoms with Crippen LogP contribution < -0.4 is 10.5 Å². The van der Waals surface area contributed by atoms with E-state index in [4.69, 9.17) is 22.4 Å². The summed E-state index contributed by atoms with van der Waals surface area (Å²) in [4.78, 5) is 0.413. The largest absolute Gasteiger partial charge is 0.468 e. The predicted molar refractivity (Wildman–Crippen MR) is 79.8 cm³/mol. The number of furan rings is 1. The molecule has 0 aliphatic carbocycles. The number of nitrogens with one attached hydrogen (secondary N) is 1. The van der Waals surface area contributed by atoms with Gasteiger partial charge in [0.1, 0.15) is 10.7 Å². The first-order valence-electron chi connectivity index (χ1n) is 5.82. The van der Waals surface area contributed by atoms with Gasteiger partial charge in [-0.05, 0) is 36.8 Å². The third kappa shape index (κ3) is 3.24. The number of nitrogens with two attached hydrogens (primary N) is 1. The van der Waals surface area contributed by atoms with Crippen molar-refractivity contribution in [2.45, 2.75) is 18.4 Å². The Morgan fingerprint density at radius 3 is 2.70 bits per heavy atom. The first-order valence-corrected chi connectivity index (χ1v) is 7.72. The van der Waals surface area contributed by atoms with Gasteiger partial charge in [0, 0.05) is 5.56 Å². The van der Waals surface area contributed by atoms with E-state index >= 15 is 0 Å².